The maximum atomic E-state index is 10.5. The van der Waals surface area contributed by atoms with E-state index in [0.29, 0.717) is 6.42 Å². The average Bonchev–Trinajstić information content (AvgIpc) is 2.54. The molecule has 0 rings (SSSR count). The van der Waals surface area contributed by atoms with Crippen molar-refractivity contribution in [3.8, 4) is 0 Å². The second kappa shape index (κ2) is 13.1. The molecule has 0 spiro atoms. The first-order chi connectivity index (χ1) is 11.3. The quantitative estimate of drug-likeness (QED) is 0.131. The lowest BCUT2D eigenvalue weighted by molar-refractivity contribution is -0.164. The summed E-state index contributed by atoms with van der Waals surface area (Å²) in [6, 6.07) is 0. The van der Waals surface area contributed by atoms with Gasteiger partial charge in [0.15, 0.2) is 0 Å². The van der Waals surface area contributed by atoms with Gasteiger partial charge in [0.1, 0.15) is 0 Å². The van der Waals surface area contributed by atoms with Gasteiger partial charge >= 0.3 is 5.97 Å². The Labute approximate surface area is 144 Å². The zero-order valence-corrected chi connectivity index (χ0v) is 14.8. The molecule has 6 nitrogen and oxygen atoms in total. The number of aliphatic hydroxyl groups excluding tert-OH is 2. The summed E-state index contributed by atoms with van der Waals surface area (Å²) in [5.41, 5.74) is 0. The minimum absolute atomic E-state index is 0.215. The lowest BCUT2D eigenvalue weighted by Crippen LogP contribution is -2.33. The number of aliphatic carboxylic acids is 1. The van der Waals surface area contributed by atoms with E-state index in [1.54, 1.807) is 0 Å². The topological polar surface area (TPSA) is 118 Å². The van der Waals surface area contributed by atoms with Crippen LogP contribution in [0.3, 0.4) is 0 Å². The zero-order chi connectivity index (χ0) is 18.4. The summed E-state index contributed by atoms with van der Waals surface area (Å²) in [5.74, 6) is -7.23. The predicted molar refractivity (Wildman–Crippen MR) is 92.8 cm³/mol. The van der Waals surface area contributed by atoms with Crippen LogP contribution in [0.5, 0.6) is 0 Å². The number of carboxylic acid groups (broad SMARTS) is 1. The molecule has 142 valence electrons. The number of aliphatic hydroxyl groups is 4. The van der Waals surface area contributed by atoms with E-state index in [-0.39, 0.29) is 6.42 Å². The van der Waals surface area contributed by atoms with Gasteiger partial charge in [-0.25, -0.2) is 4.79 Å². The Morgan fingerprint density at radius 1 is 0.708 bits per heavy atom. The molecule has 0 aliphatic rings. The highest BCUT2D eigenvalue weighted by Gasteiger charge is 2.33. The molecule has 0 amide bonds. The Balaban J connectivity index is 3.66. The fourth-order valence-electron chi connectivity index (χ4n) is 2.62. The van der Waals surface area contributed by atoms with Crippen LogP contribution in [0.15, 0.2) is 11.5 Å². The van der Waals surface area contributed by atoms with Crippen molar-refractivity contribution < 1.29 is 30.3 Å². The molecule has 0 saturated carbocycles. The number of hydrogen-bond donors (Lipinski definition) is 5. The summed E-state index contributed by atoms with van der Waals surface area (Å²) in [6.45, 7) is 2.21. The molecular formula is C18H34O6. The van der Waals surface area contributed by atoms with E-state index >= 15 is 0 Å². The summed E-state index contributed by atoms with van der Waals surface area (Å²) in [6.07, 6.45) is 13.2. The summed E-state index contributed by atoms with van der Waals surface area (Å²) in [5, 5.41) is 46.0. The lowest BCUT2D eigenvalue weighted by Gasteiger charge is -2.20. The van der Waals surface area contributed by atoms with Crippen molar-refractivity contribution in [3.63, 3.8) is 0 Å². The molecule has 0 atom stereocenters. The van der Waals surface area contributed by atoms with Gasteiger partial charge < -0.3 is 25.5 Å². The fraction of sp³-hybridized carbons (Fsp3) is 0.833. The van der Waals surface area contributed by atoms with E-state index in [1.165, 1.54) is 51.4 Å². The Morgan fingerprint density at radius 3 is 1.46 bits per heavy atom. The van der Waals surface area contributed by atoms with Crippen molar-refractivity contribution in [3.05, 3.63) is 11.5 Å². The third-order valence-electron chi connectivity index (χ3n) is 4.19. The molecular weight excluding hydrogens is 312 g/mol. The molecule has 0 heterocycles. The van der Waals surface area contributed by atoms with Crippen LogP contribution in [0.1, 0.15) is 90.4 Å². The first-order valence-corrected chi connectivity index (χ1v) is 9.13. The van der Waals surface area contributed by atoms with E-state index in [1.807, 2.05) is 0 Å². The van der Waals surface area contributed by atoms with E-state index < -0.39 is 23.3 Å². The maximum absolute atomic E-state index is 10.5. The van der Waals surface area contributed by atoms with Gasteiger partial charge in [-0.3, -0.25) is 0 Å². The van der Waals surface area contributed by atoms with E-state index in [9.17, 15) is 20.1 Å². The first kappa shape index (κ1) is 22.7. The van der Waals surface area contributed by atoms with Crippen LogP contribution in [0, 0.1) is 0 Å². The molecule has 24 heavy (non-hydrogen) atoms. The Hall–Kier alpha value is -1.27. The van der Waals surface area contributed by atoms with Gasteiger partial charge in [-0.2, -0.15) is 0 Å². The van der Waals surface area contributed by atoms with Gasteiger partial charge in [0, 0.05) is 6.42 Å². The predicted octanol–water partition coefficient (Wildman–Crippen LogP) is 4.17. The maximum Gasteiger partial charge on any atom is 0.374 e. The minimum Gasteiger partial charge on any atom is -0.504 e. The molecule has 0 bridgehead atoms. The average molecular weight is 346 g/mol. The third-order valence-corrected chi connectivity index (χ3v) is 4.19. The zero-order valence-electron chi connectivity index (χ0n) is 14.8. The Morgan fingerprint density at radius 2 is 1.08 bits per heavy atom. The molecule has 0 aromatic carbocycles. The van der Waals surface area contributed by atoms with Crippen molar-refractivity contribution in [2.45, 2.75) is 96.2 Å². The van der Waals surface area contributed by atoms with Crippen LogP contribution < -0.4 is 0 Å². The number of unbranched alkanes of at least 4 members (excludes halogenated alkanes) is 11. The van der Waals surface area contributed by atoms with Crippen molar-refractivity contribution in [1.29, 1.82) is 0 Å². The van der Waals surface area contributed by atoms with E-state index in [4.69, 9.17) is 10.2 Å². The monoisotopic (exact) mass is 346 g/mol. The van der Waals surface area contributed by atoms with Crippen molar-refractivity contribution >= 4 is 5.97 Å². The molecule has 0 saturated heterocycles. The van der Waals surface area contributed by atoms with Crippen molar-refractivity contribution in [2.75, 3.05) is 0 Å². The largest absolute Gasteiger partial charge is 0.504 e. The molecule has 0 aromatic heterocycles. The summed E-state index contributed by atoms with van der Waals surface area (Å²) < 4.78 is 0. The van der Waals surface area contributed by atoms with Gasteiger partial charge in [0.05, 0.1) is 0 Å². The van der Waals surface area contributed by atoms with Gasteiger partial charge in [-0.05, 0) is 6.42 Å². The second-order valence-electron chi connectivity index (χ2n) is 6.46. The Kier molecular flexibility index (Phi) is 12.4. The second-order valence-corrected chi connectivity index (χ2v) is 6.46. The highest BCUT2D eigenvalue weighted by atomic mass is 16.5. The summed E-state index contributed by atoms with van der Waals surface area (Å²) in [4.78, 5) is 10.5. The number of hydrogen-bond acceptors (Lipinski definition) is 5. The van der Waals surface area contributed by atoms with Crippen LogP contribution in [-0.4, -0.2) is 37.3 Å². The third kappa shape index (κ3) is 10.5. The standard InChI is InChI=1S/C18H34O6/c1-2-3-4-5-6-7-8-9-10-11-12-13-14-18(23,24)16(20)15(19)17(21)22/h19-20,23-24H,2-14H2,1H3,(H,21,22)/b16-15+. The number of carboxylic acids is 1. The van der Waals surface area contributed by atoms with E-state index in [0.717, 1.165) is 19.3 Å². The van der Waals surface area contributed by atoms with Crippen molar-refractivity contribution in [2.24, 2.45) is 0 Å². The van der Waals surface area contributed by atoms with Gasteiger partial charge in [-0.1, -0.05) is 77.6 Å². The van der Waals surface area contributed by atoms with Crippen LogP contribution in [0.2, 0.25) is 0 Å². The van der Waals surface area contributed by atoms with Crippen LogP contribution >= 0.6 is 0 Å². The molecule has 0 aromatic rings. The molecule has 5 N–H and O–H groups in total. The SMILES string of the molecule is CCCCCCCCCCCCCCC(O)(O)/C(O)=C(\O)C(=O)O. The summed E-state index contributed by atoms with van der Waals surface area (Å²) >= 11 is 0. The normalized spacial score (nSPS) is 13.0. The molecule has 0 radical (unpaired) electrons. The molecule has 0 fully saturated rings. The molecule has 6 heteroatoms. The van der Waals surface area contributed by atoms with Gasteiger partial charge in [0.2, 0.25) is 17.3 Å². The molecule has 0 aliphatic heterocycles. The van der Waals surface area contributed by atoms with Crippen LogP contribution in [-0.2, 0) is 4.79 Å². The van der Waals surface area contributed by atoms with Crippen molar-refractivity contribution in [1.82, 2.24) is 0 Å². The molecule has 0 unspecified atom stereocenters. The minimum atomic E-state index is -2.69. The lowest BCUT2D eigenvalue weighted by atomic mass is 10.0. The van der Waals surface area contributed by atoms with Crippen LogP contribution in [0.4, 0.5) is 0 Å². The highest BCUT2D eigenvalue weighted by molar-refractivity contribution is 5.84. The summed E-state index contributed by atoms with van der Waals surface area (Å²) in [7, 11) is 0. The van der Waals surface area contributed by atoms with Crippen LogP contribution in [0.25, 0.3) is 0 Å². The Bertz CT molecular complexity index is 376. The van der Waals surface area contributed by atoms with E-state index in [2.05, 4.69) is 6.92 Å². The smallest absolute Gasteiger partial charge is 0.374 e. The number of carbonyl (C=O) groups is 1. The van der Waals surface area contributed by atoms with Gasteiger partial charge in [0.25, 0.3) is 0 Å². The molecule has 0 aliphatic carbocycles. The number of rotatable bonds is 15. The van der Waals surface area contributed by atoms with Gasteiger partial charge in [-0.15, -0.1) is 0 Å². The highest BCUT2D eigenvalue weighted by Crippen LogP contribution is 2.22. The fourth-order valence-corrected chi connectivity index (χ4v) is 2.62. The first-order valence-electron chi connectivity index (χ1n) is 9.13.